The fourth-order valence-electron chi connectivity index (χ4n) is 1.69. The normalized spacial score (nSPS) is 12.6. The zero-order valence-electron chi connectivity index (χ0n) is 9.13. The number of benzene rings is 1. The van der Waals surface area contributed by atoms with E-state index in [0.717, 1.165) is 23.0 Å². The topological polar surface area (TPSA) is 33.1 Å². The monoisotopic (exact) mass is 213 g/mol. The van der Waals surface area contributed by atoms with E-state index < -0.39 is 6.10 Å². The number of nitrogens with zero attached hydrogens (tertiary/aromatic N) is 1. The summed E-state index contributed by atoms with van der Waals surface area (Å²) in [5.74, 6) is 0. The van der Waals surface area contributed by atoms with E-state index in [2.05, 4.69) is 11.6 Å². The van der Waals surface area contributed by atoms with Crippen LogP contribution in [-0.2, 0) is 0 Å². The molecule has 0 unspecified atom stereocenters. The van der Waals surface area contributed by atoms with Gasteiger partial charge < -0.3 is 5.11 Å². The highest BCUT2D eigenvalue weighted by Gasteiger charge is 2.08. The third-order valence-electron chi connectivity index (χ3n) is 2.61. The van der Waals surface area contributed by atoms with E-state index in [0.29, 0.717) is 6.42 Å². The third-order valence-corrected chi connectivity index (χ3v) is 2.61. The molecule has 1 atom stereocenters. The van der Waals surface area contributed by atoms with Crippen molar-refractivity contribution in [2.45, 2.75) is 18.9 Å². The number of pyridine rings is 1. The quantitative estimate of drug-likeness (QED) is 0.791. The first-order valence-corrected chi connectivity index (χ1v) is 5.46. The van der Waals surface area contributed by atoms with E-state index in [-0.39, 0.29) is 0 Å². The van der Waals surface area contributed by atoms with Crippen LogP contribution in [0, 0.1) is 0 Å². The summed E-state index contributed by atoms with van der Waals surface area (Å²) in [5, 5.41) is 11.0. The smallest absolute Gasteiger partial charge is 0.0963 e. The minimum Gasteiger partial charge on any atom is -0.387 e. The van der Waals surface area contributed by atoms with Gasteiger partial charge in [-0.05, 0) is 25.0 Å². The summed E-state index contributed by atoms with van der Waals surface area (Å²) in [6.45, 7) is 3.64. The SMILES string of the molecule is C=CCC[C@@H](O)c1ccc2ccccc2n1. The third kappa shape index (κ3) is 2.28. The average molecular weight is 213 g/mol. The number of aliphatic hydroxyl groups excluding tert-OH is 1. The van der Waals surface area contributed by atoms with E-state index in [1.807, 2.05) is 42.5 Å². The lowest BCUT2D eigenvalue weighted by Gasteiger charge is -2.09. The molecule has 0 spiro atoms. The molecule has 82 valence electrons. The molecule has 0 aliphatic heterocycles. The molecule has 0 radical (unpaired) electrons. The zero-order chi connectivity index (χ0) is 11.4. The maximum absolute atomic E-state index is 9.90. The van der Waals surface area contributed by atoms with Gasteiger partial charge in [0.15, 0.2) is 0 Å². The Morgan fingerprint density at radius 3 is 2.88 bits per heavy atom. The molecule has 1 N–H and O–H groups in total. The van der Waals surface area contributed by atoms with Crippen LogP contribution in [-0.4, -0.2) is 10.1 Å². The van der Waals surface area contributed by atoms with Gasteiger partial charge in [0, 0.05) is 5.39 Å². The van der Waals surface area contributed by atoms with Crippen LogP contribution in [0.1, 0.15) is 24.6 Å². The molecular formula is C14H15NO. The van der Waals surface area contributed by atoms with Crippen molar-refractivity contribution in [3.8, 4) is 0 Å². The minimum absolute atomic E-state index is 0.498. The average Bonchev–Trinajstić information content (AvgIpc) is 2.35. The van der Waals surface area contributed by atoms with Crippen LogP contribution in [0.5, 0.6) is 0 Å². The van der Waals surface area contributed by atoms with Crippen molar-refractivity contribution in [3.05, 3.63) is 54.7 Å². The number of allylic oxidation sites excluding steroid dienone is 1. The fraction of sp³-hybridized carbons (Fsp3) is 0.214. The number of rotatable bonds is 4. The Bertz CT molecular complexity index is 493. The summed E-state index contributed by atoms with van der Waals surface area (Å²) in [7, 11) is 0. The summed E-state index contributed by atoms with van der Waals surface area (Å²) in [4.78, 5) is 4.44. The van der Waals surface area contributed by atoms with Crippen LogP contribution in [0.2, 0.25) is 0 Å². The zero-order valence-corrected chi connectivity index (χ0v) is 9.13. The molecule has 0 saturated heterocycles. The van der Waals surface area contributed by atoms with Crippen molar-refractivity contribution in [2.75, 3.05) is 0 Å². The summed E-state index contributed by atoms with van der Waals surface area (Å²) in [6, 6.07) is 11.8. The van der Waals surface area contributed by atoms with Crippen LogP contribution in [0.25, 0.3) is 10.9 Å². The number of para-hydroxylation sites is 1. The molecular weight excluding hydrogens is 198 g/mol. The Kier molecular flexibility index (Phi) is 3.32. The molecule has 1 aromatic heterocycles. The van der Waals surface area contributed by atoms with Crippen LogP contribution < -0.4 is 0 Å². The van der Waals surface area contributed by atoms with E-state index in [4.69, 9.17) is 0 Å². The Balaban J connectivity index is 2.28. The van der Waals surface area contributed by atoms with Crippen LogP contribution in [0.15, 0.2) is 49.1 Å². The van der Waals surface area contributed by atoms with Crippen LogP contribution in [0.4, 0.5) is 0 Å². The highest BCUT2D eigenvalue weighted by atomic mass is 16.3. The van der Waals surface area contributed by atoms with E-state index >= 15 is 0 Å². The van der Waals surface area contributed by atoms with Crippen molar-refractivity contribution >= 4 is 10.9 Å². The predicted octanol–water partition coefficient (Wildman–Crippen LogP) is 3.23. The second-order valence-electron chi connectivity index (χ2n) is 3.81. The van der Waals surface area contributed by atoms with Crippen molar-refractivity contribution in [1.29, 1.82) is 0 Å². The molecule has 2 heteroatoms. The molecule has 2 nitrogen and oxygen atoms in total. The molecule has 0 saturated carbocycles. The standard InChI is InChI=1S/C14H15NO/c1-2-3-8-14(16)13-10-9-11-6-4-5-7-12(11)15-13/h2,4-7,9-10,14,16H,1,3,8H2/t14-/m1/s1. The molecule has 1 aromatic carbocycles. The molecule has 16 heavy (non-hydrogen) atoms. The lowest BCUT2D eigenvalue weighted by molar-refractivity contribution is 0.164. The molecule has 0 aliphatic carbocycles. The first-order chi connectivity index (χ1) is 7.81. The number of hydrogen-bond donors (Lipinski definition) is 1. The molecule has 2 rings (SSSR count). The summed E-state index contributed by atoms with van der Waals surface area (Å²) >= 11 is 0. The Hall–Kier alpha value is -1.67. The second kappa shape index (κ2) is 4.90. The maximum Gasteiger partial charge on any atom is 0.0963 e. The van der Waals surface area contributed by atoms with Gasteiger partial charge in [0.05, 0.1) is 17.3 Å². The molecule has 0 bridgehead atoms. The van der Waals surface area contributed by atoms with Gasteiger partial charge in [0.25, 0.3) is 0 Å². The van der Waals surface area contributed by atoms with Gasteiger partial charge in [-0.1, -0.05) is 30.3 Å². The summed E-state index contributed by atoms with van der Waals surface area (Å²) in [5.41, 5.74) is 1.67. The number of hydrogen-bond acceptors (Lipinski definition) is 2. The number of fused-ring (bicyclic) bond motifs is 1. The van der Waals surface area contributed by atoms with Crippen LogP contribution in [0.3, 0.4) is 0 Å². The molecule has 0 amide bonds. The van der Waals surface area contributed by atoms with Gasteiger partial charge in [-0.25, -0.2) is 0 Å². The van der Waals surface area contributed by atoms with E-state index in [1.54, 1.807) is 0 Å². The van der Waals surface area contributed by atoms with Crippen molar-refractivity contribution in [1.82, 2.24) is 4.98 Å². The largest absolute Gasteiger partial charge is 0.387 e. The highest BCUT2D eigenvalue weighted by molar-refractivity contribution is 5.78. The minimum atomic E-state index is -0.498. The first-order valence-electron chi connectivity index (χ1n) is 5.46. The lowest BCUT2D eigenvalue weighted by Crippen LogP contribution is -1.99. The van der Waals surface area contributed by atoms with Gasteiger partial charge in [0.2, 0.25) is 0 Å². The van der Waals surface area contributed by atoms with Gasteiger partial charge in [0.1, 0.15) is 0 Å². The van der Waals surface area contributed by atoms with E-state index in [9.17, 15) is 5.11 Å². The van der Waals surface area contributed by atoms with Crippen molar-refractivity contribution in [3.63, 3.8) is 0 Å². The summed E-state index contributed by atoms with van der Waals surface area (Å²) < 4.78 is 0. The first kappa shape index (κ1) is 10.8. The fourth-order valence-corrected chi connectivity index (χ4v) is 1.69. The molecule has 0 aliphatic rings. The molecule has 2 aromatic rings. The Labute approximate surface area is 95.3 Å². The van der Waals surface area contributed by atoms with E-state index in [1.165, 1.54) is 0 Å². The Morgan fingerprint density at radius 1 is 1.25 bits per heavy atom. The second-order valence-corrected chi connectivity index (χ2v) is 3.81. The Morgan fingerprint density at radius 2 is 2.06 bits per heavy atom. The lowest BCUT2D eigenvalue weighted by atomic mass is 10.1. The van der Waals surface area contributed by atoms with Crippen LogP contribution >= 0.6 is 0 Å². The highest BCUT2D eigenvalue weighted by Crippen LogP contribution is 2.19. The van der Waals surface area contributed by atoms with Gasteiger partial charge in [-0.2, -0.15) is 0 Å². The van der Waals surface area contributed by atoms with Gasteiger partial charge in [-0.3, -0.25) is 4.98 Å². The van der Waals surface area contributed by atoms with Crippen molar-refractivity contribution in [2.24, 2.45) is 0 Å². The predicted molar refractivity (Wildman–Crippen MR) is 66.1 cm³/mol. The van der Waals surface area contributed by atoms with Crippen molar-refractivity contribution < 1.29 is 5.11 Å². The summed E-state index contributed by atoms with van der Waals surface area (Å²) in [6.07, 6.45) is 2.79. The number of aromatic nitrogens is 1. The molecule has 1 heterocycles. The molecule has 0 fully saturated rings. The van der Waals surface area contributed by atoms with Gasteiger partial charge >= 0.3 is 0 Å². The maximum atomic E-state index is 9.90. The number of aliphatic hydroxyl groups is 1. The van der Waals surface area contributed by atoms with Gasteiger partial charge in [-0.15, -0.1) is 6.58 Å².